The van der Waals surface area contributed by atoms with Gasteiger partial charge in [-0.05, 0) is 31.5 Å². The molecule has 1 N–H and O–H groups in total. The summed E-state index contributed by atoms with van der Waals surface area (Å²) >= 11 is 0. The normalized spacial score (nSPS) is 10.4. The van der Waals surface area contributed by atoms with Crippen molar-refractivity contribution in [3.63, 3.8) is 0 Å². The van der Waals surface area contributed by atoms with Gasteiger partial charge in [-0.15, -0.1) is 0 Å². The van der Waals surface area contributed by atoms with Crippen LogP contribution in [0.25, 0.3) is 5.69 Å². The Morgan fingerprint density at radius 1 is 1.29 bits per heavy atom. The van der Waals surface area contributed by atoms with Crippen LogP contribution in [0.1, 0.15) is 11.3 Å². The summed E-state index contributed by atoms with van der Waals surface area (Å²) in [5.74, 6) is 0.228. The predicted octanol–water partition coefficient (Wildman–Crippen LogP) is 2.19. The smallest absolute Gasteiger partial charge is 0.156 e. The van der Waals surface area contributed by atoms with Crippen molar-refractivity contribution in [3.05, 3.63) is 41.7 Å². The van der Waals surface area contributed by atoms with Crippen molar-refractivity contribution >= 4 is 0 Å². The molecule has 0 aliphatic rings. The molecule has 3 nitrogen and oxygen atoms in total. The minimum Gasteiger partial charge on any atom is -0.504 e. The number of rotatable bonds is 1. The van der Waals surface area contributed by atoms with Gasteiger partial charge in [-0.25, -0.2) is 4.68 Å². The Labute approximate surface area is 82.6 Å². The quantitative estimate of drug-likeness (QED) is 0.745. The third kappa shape index (κ3) is 1.48. The van der Waals surface area contributed by atoms with Crippen molar-refractivity contribution in [3.8, 4) is 11.4 Å². The van der Waals surface area contributed by atoms with Crippen LogP contribution in [0.3, 0.4) is 0 Å². The Morgan fingerprint density at radius 2 is 2.07 bits per heavy atom. The Hall–Kier alpha value is -1.77. The lowest BCUT2D eigenvalue weighted by Crippen LogP contribution is -1.94. The van der Waals surface area contributed by atoms with Crippen LogP contribution in [-0.4, -0.2) is 14.9 Å². The topological polar surface area (TPSA) is 38.0 Å². The lowest BCUT2D eigenvalue weighted by molar-refractivity contribution is 0.471. The third-order valence-corrected chi connectivity index (χ3v) is 2.14. The molecule has 0 bridgehead atoms. The molecule has 0 aliphatic heterocycles. The summed E-state index contributed by atoms with van der Waals surface area (Å²) in [6.07, 6.45) is 1.62. The van der Waals surface area contributed by atoms with Crippen molar-refractivity contribution in [2.75, 3.05) is 0 Å². The number of hydrogen-bond acceptors (Lipinski definition) is 2. The Bertz CT molecular complexity index is 441. The van der Waals surface area contributed by atoms with E-state index in [2.05, 4.69) is 5.10 Å². The molecule has 2 rings (SSSR count). The number of aromatic nitrogens is 2. The molecule has 0 aliphatic carbocycles. The summed E-state index contributed by atoms with van der Waals surface area (Å²) in [5.41, 5.74) is 2.79. The van der Waals surface area contributed by atoms with E-state index in [1.807, 2.05) is 31.2 Å². The van der Waals surface area contributed by atoms with Crippen LogP contribution in [0.5, 0.6) is 5.75 Å². The number of nitrogens with zero attached hydrogens (tertiary/aromatic N) is 2. The van der Waals surface area contributed by atoms with Crippen LogP contribution in [-0.2, 0) is 0 Å². The number of hydrogen-bond donors (Lipinski definition) is 1. The highest BCUT2D eigenvalue weighted by molar-refractivity contribution is 5.37. The Kier molecular flexibility index (Phi) is 2.00. The maximum atomic E-state index is 9.39. The van der Waals surface area contributed by atoms with Crippen LogP contribution in [0.2, 0.25) is 0 Å². The fourth-order valence-corrected chi connectivity index (χ4v) is 1.35. The SMILES string of the molecule is Cc1cccc(-n2cc(O)c(C)n2)c1. The molecular formula is C11H12N2O. The van der Waals surface area contributed by atoms with Gasteiger partial charge in [0.25, 0.3) is 0 Å². The number of aromatic hydroxyl groups is 1. The molecule has 1 aromatic heterocycles. The maximum absolute atomic E-state index is 9.39. The van der Waals surface area contributed by atoms with Crippen molar-refractivity contribution in [2.45, 2.75) is 13.8 Å². The summed E-state index contributed by atoms with van der Waals surface area (Å²) in [6.45, 7) is 3.81. The van der Waals surface area contributed by atoms with Crippen LogP contribution in [0.4, 0.5) is 0 Å². The molecule has 0 unspecified atom stereocenters. The zero-order valence-electron chi connectivity index (χ0n) is 8.23. The zero-order chi connectivity index (χ0) is 10.1. The second kappa shape index (κ2) is 3.18. The molecule has 2 aromatic rings. The highest BCUT2D eigenvalue weighted by Gasteiger charge is 2.03. The molecule has 0 saturated heterocycles. The van der Waals surface area contributed by atoms with E-state index in [4.69, 9.17) is 0 Å². The maximum Gasteiger partial charge on any atom is 0.156 e. The molecule has 0 radical (unpaired) electrons. The molecule has 72 valence electrons. The van der Waals surface area contributed by atoms with Crippen LogP contribution >= 0.6 is 0 Å². The Balaban J connectivity index is 2.49. The summed E-state index contributed by atoms with van der Waals surface area (Å²) in [7, 11) is 0. The molecule has 3 heteroatoms. The molecule has 0 fully saturated rings. The fourth-order valence-electron chi connectivity index (χ4n) is 1.35. The van der Waals surface area contributed by atoms with Gasteiger partial charge in [-0.2, -0.15) is 5.10 Å². The first-order valence-corrected chi connectivity index (χ1v) is 4.49. The van der Waals surface area contributed by atoms with Gasteiger partial charge in [0.15, 0.2) is 5.75 Å². The van der Waals surface area contributed by atoms with Gasteiger partial charge in [-0.3, -0.25) is 0 Å². The zero-order valence-corrected chi connectivity index (χ0v) is 8.23. The molecule has 0 atom stereocenters. The van der Waals surface area contributed by atoms with E-state index < -0.39 is 0 Å². The molecule has 0 amide bonds. The molecule has 1 heterocycles. The van der Waals surface area contributed by atoms with Crippen LogP contribution < -0.4 is 0 Å². The van der Waals surface area contributed by atoms with E-state index in [1.165, 1.54) is 5.56 Å². The number of aryl methyl sites for hydroxylation is 2. The van der Waals surface area contributed by atoms with Crippen LogP contribution in [0, 0.1) is 13.8 Å². The van der Waals surface area contributed by atoms with Crippen molar-refractivity contribution in [1.29, 1.82) is 0 Å². The minimum atomic E-state index is 0.228. The van der Waals surface area contributed by atoms with E-state index in [-0.39, 0.29) is 5.75 Å². The Morgan fingerprint density at radius 3 is 2.64 bits per heavy atom. The van der Waals surface area contributed by atoms with Gasteiger partial charge in [0, 0.05) is 0 Å². The highest BCUT2D eigenvalue weighted by atomic mass is 16.3. The first kappa shape index (κ1) is 8.81. The van der Waals surface area contributed by atoms with Gasteiger partial charge in [0.05, 0.1) is 11.9 Å². The molecule has 0 spiro atoms. The standard InChI is InChI=1S/C11H12N2O/c1-8-4-3-5-10(6-8)13-7-11(14)9(2)12-13/h3-7,14H,1-2H3. The van der Waals surface area contributed by atoms with Gasteiger partial charge >= 0.3 is 0 Å². The highest BCUT2D eigenvalue weighted by Crippen LogP contribution is 2.17. The van der Waals surface area contributed by atoms with E-state index in [1.54, 1.807) is 17.8 Å². The first-order chi connectivity index (χ1) is 6.66. The van der Waals surface area contributed by atoms with E-state index >= 15 is 0 Å². The van der Waals surface area contributed by atoms with Crippen molar-refractivity contribution < 1.29 is 5.11 Å². The van der Waals surface area contributed by atoms with Gasteiger partial charge in [0.2, 0.25) is 0 Å². The van der Waals surface area contributed by atoms with Crippen LogP contribution in [0.15, 0.2) is 30.5 Å². The second-order valence-corrected chi connectivity index (χ2v) is 3.38. The number of benzene rings is 1. The molecule has 0 saturated carbocycles. The largest absolute Gasteiger partial charge is 0.504 e. The summed E-state index contributed by atoms with van der Waals surface area (Å²) < 4.78 is 1.68. The molecule has 14 heavy (non-hydrogen) atoms. The summed E-state index contributed by atoms with van der Waals surface area (Å²) in [5, 5.41) is 13.6. The third-order valence-electron chi connectivity index (χ3n) is 2.14. The van der Waals surface area contributed by atoms with E-state index in [0.717, 1.165) is 5.69 Å². The van der Waals surface area contributed by atoms with E-state index in [0.29, 0.717) is 5.69 Å². The average molecular weight is 188 g/mol. The molecular weight excluding hydrogens is 176 g/mol. The minimum absolute atomic E-state index is 0.228. The summed E-state index contributed by atoms with van der Waals surface area (Å²) in [6, 6.07) is 7.98. The monoisotopic (exact) mass is 188 g/mol. The van der Waals surface area contributed by atoms with Gasteiger partial charge in [0.1, 0.15) is 5.69 Å². The first-order valence-electron chi connectivity index (χ1n) is 4.49. The second-order valence-electron chi connectivity index (χ2n) is 3.38. The predicted molar refractivity (Wildman–Crippen MR) is 54.7 cm³/mol. The van der Waals surface area contributed by atoms with Crippen molar-refractivity contribution in [1.82, 2.24) is 9.78 Å². The van der Waals surface area contributed by atoms with Crippen molar-refractivity contribution in [2.24, 2.45) is 0 Å². The molecule has 1 aromatic carbocycles. The average Bonchev–Trinajstić information content (AvgIpc) is 2.47. The fraction of sp³-hybridized carbons (Fsp3) is 0.182. The van der Waals surface area contributed by atoms with Gasteiger partial charge < -0.3 is 5.11 Å². The summed E-state index contributed by atoms with van der Waals surface area (Å²) in [4.78, 5) is 0. The lowest BCUT2D eigenvalue weighted by atomic mass is 10.2. The van der Waals surface area contributed by atoms with Gasteiger partial charge in [-0.1, -0.05) is 12.1 Å². The van der Waals surface area contributed by atoms with E-state index in [9.17, 15) is 5.11 Å². The lowest BCUT2D eigenvalue weighted by Gasteiger charge is -2.01.